The van der Waals surface area contributed by atoms with Crippen molar-refractivity contribution in [2.75, 3.05) is 0 Å². The molecule has 1 atom stereocenters. The molecule has 2 aromatic carbocycles. The summed E-state index contributed by atoms with van der Waals surface area (Å²) in [4.78, 5) is 0. The molecule has 1 unspecified atom stereocenters. The van der Waals surface area contributed by atoms with Crippen LogP contribution in [0.1, 0.15) is 11.1 Å². The molecule has 2 rings (SSSR count). The highest BCUT2D eigenvalue weighted by Gasteiger charge is 1.93. The first-order valence-electron chi connectivity index (χ1n) is 5.86. The lowest BCUT2D eigenvalue weighted by molar-refractivity contribution is 0.626. The van der Waals surface area contributed by atoms with E-state index in [1.807, 2.05) is 62.4 Å². The number of benzene rings is 2. The second kappa shape index (κ2) is 7.23. The molecule has 0 radical (unpaired) electrons. The van der Waals surface area contributed by atoms with Crippen LogP contribution < -0.4 is 9.05 Å². The first kappa shape index (κ1) is 14.0. The first-order valence-corrected chi connectivity index (χ1v) is 7.48. The highest BCUT2D eigenvalue weighted by Crippen LogP contribution is 2.26. The minimum atomic E-state index is 0.0435. The van der Waals surface area contributed by atoms with E-state index in [1.165, 1.54) is 11.1 Å². The zero-order valence-electron chi connectivity index (χ0n) is 10.8. The molecule has 0 spiro atoms. The van der Waals surface area contributed by atoms with Crippen molar-refractivity contribution in [1.82, 2.24) is 0 Å². The van der Waals surface area contributed by atoms with E-state index in [0.29, 0.717) is 8.60 Å². The van der Waals surface area contributed by atoms with Crippen LogP contribution in [0.15, 0.2) is 53.0 Å². The average Bonchev–Trinajstić information content (AvgIpc) is 2.43. The third-order valence-electron chi connectivity index (χ3n) is 2.43. The number of aryl methyl sites for hydroxylation is 2. The lowest BCUT2D eigenvalue weighted by Crippen LogP contribution is -1.77. The van der Waals surface area contributed by atoms with Crippen molar-refractivity contribution < 1.29 is 9.05 Å². The third kappa shape index (κ3) is 4.98. The summed E-state index contributed by atoms with van der Waals surface area (Å²) < 4.78 is 15.1. The van der Waals surface area contributed by atoms with Crippen molar-refractivity contribution in [3.63, 3.8) is 0 Å². The molecule has 0 N–H and O–H groups in total. The number of hydrogen-bond acceptors (Lipinski definition) is 3. The summed E-state index contributed by atoms with van der Waals surface area (Å²) in [6.07, 6.45) is 0. The predicted octanol–water partition coefficient (Wildman–Crippen LogP) is 5.31. The van der Waals surface area contributed by atoms with Crippen LogP contribution >= 0.6 is 17.6 Å². The van der Waals surface area contributed by atoms with Gasteiger partial charge in [0, 0.05) is 0 Å². The highest BCUT2D eigenvalue weighted by molar-refractivity contribution is 7.39. The fourth-order valence-corrected chi connectivity index (χ4v) is 2.28. The van der Waals surface area contributed by atoms with E-state index >= 15 is 0 Å². The Morgan fingerprint density at radius 1 is 0.842 bits per heavy atom. The SMILES string of the molecule is Cc1ccc(OP=NPOc2ccc(C)cc2)cc1. The van der Waals surface area contributed by atoms with Gasteiger partial charge in [-0.15, -0.1) is 0 Å². The van der Waals surface area contributed by atoms with Crippen LogP contribution in [-0.2, 0) is 0 Å². The van der Waals surface area contributed by atoms with Gasteiger partial charge in [-0.2, -0.15) is 4.52 Å². The van der Waals surface area contributed by atoms with E-state index in [4.69, 9.17) is 9.05 Å². The smallest absolute Gasteiger partial charge is 0.249 e. The fraction of sp³-hybridized carbons (Fsp3) is 0.143. The van der Waals surface area contributed by atoms with Gasteiger partial charge in [0.1, 0.15) is 11.5 Å². The van der Waals surface area contributed by atoms with E-state index in [1.54, 1.807) is 0 Å². The molecule has 0 saturated heterocycles. The predicted molar refractivity (Wildman–Crippen MR) is 81.3 cm³/mol. The van der Waals surface area contributed by atoms with Gasteiger partial charge in [-0.3, -0.25) is 0 Å². The Balaban J connectivity index is 1.75. The Labute approximate surface area is 116 Å². The second-order valence-electron chi connectivity index (χ2n) is 4.09. The van der Waals surface area contributed by atoms with Crippen LogP contribution in [0, 0.1) is 13.8 Å². The second-order valence-corrected chi connectivity index (χ2v) is 5.62. The van der Waals surface area contributed by atoms with Gasteiger partial charge < -0.3 is 9.05 Å². The van der Waals surface area contributed by atoms with Crippen LogP contribution in [0.3, 0.4) is 0 Å². The van der Waals surface area contributed by atoms with Gasteiger partial charge in [-0.1, -0.05) is 35.4 Å². The van der Waals surface area contributed by atoms with Gasteiger partial charge in [0.2, 0.25) is 17.6 Å². The maximum atomic E-state index is 5.49. The standard InChI is InChI=1S/C14H15NO2P2/c1-11-3-7-13(8-4-11)16-18-15-19-17-14-9-5-12(2)6-10-14/h3-10,18H,1-2H3. The molecule has 0 aliphatic carbocycles. The Morgan fingerprint density at radius 3 is 1.95 bits per heavy atom. The maximum absolute atomic E-state index is 5.49. The van der Waals surface area contributed by atoms with E-state index in [0.717, 1.165) is 11.5 Å². The fourth-order valence-electron chi connectivity index (χ4n) is 1.36. The summed E-state index contributed by atoms with van der Waals surface area (Å²) >= 11 is 0. The third-order valence-corrected chi connectivity index (χ3v) is 3.71. The summed E-state index contributed by atoms with van der Waals surface area (Å²) in [5.74, 6) is 1.65. The monoisotopic (exact) mass is 291 g/mol. The Kier molecular flexibility index (Phi) is 5.32. The number of hydrogen-bond donors (Lipinski definition) is 0. The molecule has 0 fully saturated rings. The maximum Gasteiger partial charge on any atom is 0.249 e. The molecular weight excluding hydrogens is 276 g/mol. The summed E-state index contributed by atoms with van der Waals surface area (Å²) in [7, 11) is 0.601. The van der Waals surface area contributed by atoms with Crippen molar-refractivity contribution >= 4 is 17.6 Å². The zero-order valence-corrected chi connectivity index (χ0v) is 12.7. The quantitative estimate of drug-likeness (QED) is 0.698. The van der Waals surface area contributed by atoms with Gasteiger partial charge >= 0.3 is 0 Å². The molecule has 0 amide bonds. The molecule has 0 aromatic heterocycles. The van der Waals surface area contributed by atoms with Gasteiger partial charge in [-0.25, -0.2) is 0 Å². The Bertz CT molecular complexity index is 538. The van der Waals surface area contributed by atoms with Gasteiger partial charge in [0.25, 0.3) is 0 Å². The van der Waals surface area contributed by atoms with Crippen molar-refractivity contribution in [3.05, 3.63) is 59.7 Å². The first-order chi connectivity index (χ1) is 9.24. The van der Waals surface area contributed by atoms with E-state index < -0.39 is 0 Å². The lowest BCUT2D eigenvalue weighted by atomic mass is 10.2. The molecule has 0 bridgehead atoms. The van der Waals surface area contributed by atoms with Crippen LogP contribution in [-0.4, -0.2) is 0 Å². The molecule has 0 heterocycles. The van der Waals surface area contributed by atoms with Crippen molar-refractivity contribution in [2.45, 2.75) is 13.8 Å². The zero-order chi connectivity index (χ0) is 13.5. The molecule has 0 aliphatic heterocycles. The van der Waals surface area contributed by atoms with Crippen LogP contribution in [0.5, 0.6) is 11.5 Å². The van der Waals surface area contributed by atoms with Crippen molar-refractivity contribution in [3.8, 4) is 11.5 Å². The topological polar surface area (TPSA) is 30.8 Å². The van der Waals surface area contributed by atoms with Crippen LogP contribution in [0.2, 0.25) is 0 Å². The normalized spacial score (nSPS) is 11.3. The summed E-state index contributed by atoms with van der Waals surface area (Å²) in [6.45, 7) is 4.09. The van der Waals surface area contributed by atoms with Crippen LogP contribution in [0.25, 0.3) is 0 Å². The molecule has 19 heavy (non-hydrogen) atoms. The summed E-state index contributed by atoms with van der Waals surface area (Å²) in [5.41, 5.74) is 2.43. The summed E-state index contributed by atoms with van der Waals surface area (Å²) in [6, 6.07) is 15.8. The highest BCUT2D eigenvalue weighted by atomic mass is 31.1. The minimum absolute atomic E-state index is 0.0435. The van der Waals surface area contributed by atoms with Gasteiger partial charge in [-0.05, 0) is 38.1 Å². The van der Waals surface area contributed by atoms with E-state index in [-0.39, 0.29) is 8.96 Å². The molecule has 98 valence electrons. The number of rotatable bonds is 5. The van der Waals surface area contributed by atoms with Crippen LogP contribution in [0.4, 0.5) is 0 Å². The molecule has 2 aromatic rings. The number of nitrogens with zero attached hydrogens (tertiary/aromatic N) is 1. The average molecular weight is 291 g/mol. The molecule has 0 aliphatic rings. The summed E-state index contributed by atoms with van der Waals surface area (Å²) in [5, 5.41) is 0. The van der Waals surface area contributed by atoms with Crippen molar-refractivity contribution in [1.29, 1.82) is 0 Å². The molecular formula is C14H15NO2P2. The van der Waals surface area contributed by atoms with E-state index in [2.05, 4.69) is 4.52 Å². The molecule has 0 saturated carbocycles. The molecule has 5 heteroatoms. The van der Waals surface area contributed by atoms with Gasteiger partial charge in [0.05, 0.1) is 0 Å². The van der Waals surface area contributed by atoms with E-state index in [9.17, 15) is 0 Å². The molecule has 3 nitrogen and oxygen atoms in total. The van der Waals surface area contributed by atoms with Crippen molar-refractivity contribution in [2.24, 2.45) is 4.52 Å². The minimum Gasteiger partial charge on any atom is -0.454 e. The Morgan fingerprint density at radius 2 is 1.37 bits per heavy atom. The van der Waals surface area contributed by atoms with Gasteiger partial charge in [0.15, 0.2) is 0 Å². The Hall–Kier alpha value is -1.43. The largest absolute Gasteiger partial charge is 0.454 e. The lowest BCUT2D eigenvalue weighted by Gasteiger charge is -2.01.